The first-order valence-corrected chi connectivity index (χ1v) is 6.53. The molecule has 3 N–H and O–H groups in total. The molecule has 18 heavy (non-hydrogen) atoms. The van der Waals surface area contributed by atoms with Crippen LogP contribution in [0, 0.1) is 0 Å². The van der Waals surface area contributed by atoms with E-state index < -0.39 is 21.8 Å². The molecule has 0 saturated carbocycles. The number of sulfonamides is 1. The number of benzene rings is 1. The van der Waals surface area contributed by atoms with Gasteiger partial charge in [0.1, 0.15) is 0 Å². The highest BCUT2D eigenvalue weighted by Crippen LogP contribution is 2.06. The second-order valence-corrected chi connectivity index (χ2v) is 4.79. The Morgan fingerprint density at radius 3 is 2.56 bits per heavy atom. The molecule has 0 aliphatic carbocycles. The quantitative estimate of drug-likeness (QED) is 0.341. The van der Waals surface area contributed by atoms with Crippen LogP contribution in [0.25, 0.3) is 0 Å². The Morgan fingerprint density at radius 2 is 2.00 bits per heavy atom. The van der Waals surface area contributed by atoms with Gasteiger partial charge in [0.2, 0.25) is 5.84 Å². The second-order valence-electron chi connectivity index (χ2n) is 3.13. The van der Waals surface area contributed by atoms with Crippen molar-refractivity contribution in [1.82, 2.24) is 4.83 Å². The molecule has 98 valence electrons. The van der Waals surface area contributed by atoms with Gasteiger partial charge in [-0.15, -0.1) is 5.10 Å². The average Bonchev–Trinajstić information content (AvgIpc) is 2.37. The van der Waals surface area contributed by atoms with Gasteiger partial charge in [-0.05, 0) is 19.1 Å². The molecule has 0 aromatic heterocycles. The summed E-state index contributed by atoms with van der Waals surface area (Å²) in [5.74, 6) is -1.44. The number of hydrogen-bond acceptors (Lipinski definition) is 5. The van der Waals surface area contributed by atoms with Crippen LogP contribution < -0.4 is 10.6 Å². The molecule has 0 atom stereocenters. The number of esters is 1. The first-order chi connectivity index (χ1) is 8.47. The third-order valence-electron chi connectivity index (χ3n) is 1.82. The molecule has 8 heteroatoms. The van der Waals surface area contributed by atoms with Gasteiger partial charge < -0.3 is 10.5 Å². The molecule has 0 fully saturated rings. The third kappa shape index (κ3) is 3.74. The Hall–Kier alpha value is -2.09. The third-order valence-corrected chi connectivity index (χ3v) is 3.05. The summed E-state index contributed by atoms with van der Waals surface area (Å²) in [5, 5.41) is 3.27. The van der Waals surface area contributed by atoms with Crippen LogP contribution in [0.2, 0.25) is 0 Å². The number of hydrogen-bond donors (Lipinski definition) is 2. The molecule has 0 aliphatic heterocycles. The molecular formula is C10H13N3O4S. The Balaban J connectivity index is 2.80. The summed E-state index contributed by atoms with van der Waals surface area (Å²) < 4.78 is 27.9. The van der Waals surface area contributed by atoms with Crippen molar-refractivity contribution in [3.63, 3.8) is 0 Å². The summed E-state index contributed by atoms with van der Waals surface area (Å²) in [7, 11) is -3.83. The van der Waals surface area contributed by atoms with Crippen molar-refractivity contribution in [1.29, 1.82) is 0 Å². The maximum atomic E-state index is 11.7. The van der Waals surface area contributed by atoms with Crippen molar-refractivity contribution < 1.29 is 17.9 Å². The highest BCUT2D eigenvalue weighted by Gasteiger charge is 2.14. The lowest BCUT2D eigenvalue weighted by Gasteiger charge is -2.04. The predicted molar refractivity (Wildman–Crippen MR) is 65.0 cm³/mol. The van der Waals surface area contributed by atoms with Crippen LogP contribution in [0.15, 0.2) is 40.3 Å². The molecule has 1 aromatic rings. The number of carbonyl (C=O) groups is 1. The first-order valence-electron chi connectivity index (χ1n) is 5.04. The number of nitrogens with zero attached hydrogens (tertiary/aromatic N) is 1. The summed E-state index contributed by atoms with van der Waals surface area (Å²) in [6, 6.07) is 7.58. The van der Waals surface area contributed by atoms with Gasteiger partial charge in [-0.25, -0.2) is 4.79 Å². The number of nitrogens with one attached hydrogen (secondary N) is 1. The smallest absolute Gasteiger partial charge is 0.375 e. The van der Waals surface area contributed by atoms with Crippen molar-refractivity contribution in [3.8, 4) is 0 Å². The topological polar surface area (TPSA) is 111 Å². The van der Waals surface area contributed by atoms with Crippen molar-refractivity contribution >= 4 is 21.8 Å². The fraction of sp³-hybridized carbons (Fsp3) is 0.200. The highest BCUT2D eigenvalue weighted by atomic mass is 32.2. The van der Waals surface area contributed by atoms with Crippen LogP contribution in [0.5, 0.6) is 0 Å². The van der Waals surface area contributed by atoms with E-state index in [1.54, 1.807) is 25.1 Å². The Kier molecular flexibility index (Phi) is 4.67. The minimum absolute atomic E-state index is 0.0189. The van der Waals surface area contributed by atoms with Crippen molar-refractivity contribution in [2.75, 3.05) is 6.61 Å². The van der Waals surface area contributed by atoms with Gasteiger partial charge in [0.05, 0.1) is 11.5 Å². The fourth-order valence-electron chi connectivity index (χ4n) is 1.01. The van der Waals surface area contributed by atoms with Gasteiger partial charge in [-0.3, -0.25) is 0 Å². The molecule has 7 nitrogen and oxygen atoms in total. The molecule has 1 aromatic carbocycles. The van der Waals surface area contributed by atoms with Crippen LogP contribution >= 0.6 is 0 Å². The zero-order chi connectivity index (χ0) is 13.6. The lowest BCUT2D eigenvalue weighted by molar-refractivity contribution is -0.135. The van der Waals surface area contributed by atoms with Gasteiger partial charge in [-0.2, -0.15) is 13.2 Å². The summed E-state index contributed by atoms with van der Waals surface area (Å²) in [4.78, 5) is 13.0. The average molecular weight is 271 g/mol. The van der Waals surface area contributed by atoms with Crippen LogP contribution in [0.3, 0.4) is 0 Å². The van der Waals surface area contributed by atoms with Crippen LogP contribution in [-0.4, -0.2) is 26.8 Å². The minimum atomic E-state index is -3.83. The van der Waals surface area contributed by atoms with E-state index in [1.165, 1.54) is 12.1 Å². The normalized spacial score (nSPS) is 11.9. The van der Waals surface area contributed by atoms with Crippen LogP contribution in [-0.2, 0) is 19.6 Å². The molecule has 0 unspecified atom stereocenters. The number of rotatable bonds is 4. The van der Waals surface area contributed by atoms with Crippen molar-refractivity contribution in [2.24, 2.45) is 10.8 Å². The van der Waals surface area contributed by atoms with E-state index in [0.717, 1.165) is 0 Å². The summed E-state index contributed by atoms with van der Waals surface area (Å²) in [6.07, 6.45) is 0. The Morgan fingerprint density at radius 1 is 1.39 bits per heavy atom. The van der Waals surface area contributed by atoms with Crippen molar-refractivity contribution in [3.05, 3.63) is 30.3 Å². The second kappa shape index (κ2) is 6.01. The van der Waals surface area contributed by atoms with Crippen molar-refractivity contribution in [2.45, 2.75) is 11.8 Å². The lowest BCUT2D eigenvalue weighted by Crippen LogP contribution is -2.30. The molecule has 0 radical (unpaired) electrons. The summed E-state index contributed by atoms with van der Waals surface area (Å²) in [5.41, 5.74) is 5.24. The molecule has 0 spiro atoms. The number of nitrogens with two attached hydrogens (primary N) is 1. The predicted octanol–water partition coefficient (Wildman–Crippen LogP) is -0.200. The monoisotopic (exact) mass is 271 g/mol. The fourth-order valence-corrected chi connectivity index (χ4v) is 1.85. The van der Waals surface area contributed by atoms with Gasteiger partial charge in [0.25, 0.3) is 10.0 Å². The first kappa shape index (κ1) is 14.0. The summed E-state index contributed by atoms with van der Waals surface area (Å²) in [6.45, 7) is 1.72. The van der Waals surface area contributed by atoms with E-state index in [0.29, 0.717) is 0 Å². The largest absolute Gasteiger partial charge is 0.460 e. The molecule has 0 amide bonds. The molecule has 1 rings (SSSR count). The molecule has 0 heterocycles. The van der Waals surface area contributed by atoms with E-state index in [1.807, 2.05) is 4.83 Å². The van der Waals surface area contributed by atoms with E-state index in [-0.39, 0.29) is 11.5 Å². The number of hydrazone groups is 1. The Labute approximate surface area is 105 Å². The number of ether oxygens (including phenoxy) is 1. The maximum Gasteiger partial charge on any atom is 0.375 e. The van der Waals surface area contributed by atoms with Gasteiger partial charge >= 0.3 is 5.97 Å². The maximum absolute atomic E-state index is 11.7. The summed E-state index contributed by atoms with van der Waals surface area (Å²) >= 11 is 0. The van der Waals surface area contributed by atoms with Gasteiger partial charge in [0, 0.05) is 0 Å². The van der Waals surface area contributed by atoms with E-state index in [2.05, 4.69) is 9.84 Å². The van der Waals surface area contributed by atoms with Gasteiger partial charge in [-0.1, -0.05) is 18.2 Å². The molecular weight excluding hydrogens is 258 g/mol. The number of amidine groups is 1. The highest BCUT2D eigenvalue weighted by molar-refractivity contribution is 7.89. The van der Waals surface area contributed by atoms with E-state index in [9.17, 15) is 13.2 Å². The molecule has 0 aliphatic rings. The molecule has 0 bridgehead atoms. The van der Waals surface area contributed by atoms with Crippen LogP contribution in [0.4, 0.5) is 0 Å². The Bertz CT molecular complexity index is 540. The lowest BCUT2D eigenvalue weighted by atomic mass is 10.4. The zero-order valence-corrected chi connectivity index (χ0v) is 10.5. The molecule has 0 saturated heterocycles. The van der Waals surface area contributed by atoms with E-state index >= 15 is 0 Å². The number of carbonyl (C=O) groups excluding carboxylic acids is 1. The van der Waals surface area contributed by atoms with Gasteiger partial charge in [0.15, 0.2) is 0 Å². The van der Waals surface area contributed by atoms with E-state index in [4.69, 9.17) is 5.73 Å². The zero-order valence-electron chi connectivity index (χ0n) is 9.66. The van der Waals surface area contributed by atoms with Crippen LogP contribution in [0.1, 0.15) is 6.92 Å². The standard InChI is InChI=1S/C10H13N3O4S/c1-2-17-10(14)9(11)12-13-18(15,16)8-6-4-3-5-7-8/h3-7,13H,2H2,1H3,(H2,11,12). The minimum Gasteiger partial charge on any atom is -0.460 e. The SMILES string of the molecule is CCOC(=O)/C(N)=N/NS(=O)(=O)c1ccccc1.